The number of anilines is 2. The molecule has 0 bridgehead atoms. The summed E-state index contributed by atoms with van der Waals surface area (Å²) in [7, 11) is 0. The molecule has 0 aliphatic rings. The number of nitrogens with two attached hydrogens (primary N) is 1. The van der Waals surface area contributed by atoms with Crippen LogP contribution in [-0.4, -0.2) is 28.0 Å². The predicted octanol–water partition coefficient (Wildman–Crippen LogP) is 4.08. The van der Waals surface area contributed by atoms with Gasteiger partial charge in [0.2, 0.25) is 0 Å². The van der Waals surface area contributed by atoms with E-state index in [9.17, 15) is 9.90 Å². The van der Waals surface area contributed by atoms with Crippen LogP contribution >= 0.6 is 11.5 Å². The second-order valence-corrected chi connectivity index (χ2v) is 8.10. The van der Waals surface area contributed by atoms with E-state index in [1.54, 1.807) is 0 Å². The first-order valence-electron chi connectivity index (χ1n) is 9.72. The van der Waals surface area contributed by atoms with Crippen molar-refractivity contribution >= 4 is 28.1 Å². The first kappa shape index (κ1) is 21.6. The Bertz CT molecular complexity index is 1030. The third kappa shape index (κ3) is 5.71. The predicted molar refractivity (Wildman–Crippen MR) is 122 cm³/mol. The average Bonchev–Trinajstić information content (AvgIpc) is 3.09. The van der Waals surface area contributed by atoms with Crippen molar-refractivity contribution in [3.8, 4) is 11.5 Å². The molecular formula is C22H26N4O3S. The first-order valence-corrected chi connectivity index (χ1v) is 10.5. The fourth-order valence-electron chi connectivity index (χ4n) is 2.96. The number of aromatic amines is 1. The summed E-state index contributed by atoms with van der Waals surface area (Å²) in [5.41, 5.74) is 6.87. The Balaban J connectivity index is 1.75. The summed E-state index contributed by atoms with van der Waals surface area (Å²) < 4.78 is 8.48. The summed E-state index contributed by atoms with van der Waals surface area (Å²) in [6.07, 6.45) is 0.685. The van der Waals surface area contributed by atoms with Gasteiger partial charge in [0.25, 0.3) is 5.56 Å². The van der Waals surface area contributed by atoms with Gasteiger partial charge in [-0.15, -0.1) is 0 Å². The van der Waals surface area contributed by atoms with Gasteiger partial charge in [0.1, 0.15) is 27.9 Å². The molecule has 2 aromatic carbocycles. The van der Waals surface area contributed by atoms with Gasteiger partial charge in [0.15, 0.2) is 0 Å². The minimum absolute atomic E-state index is 0.115. The number of nitrogens with one attached hydrogen (secondary N) is 2. The summed E-state index contributed by atoms with van der Waals surface area (Å²) in [6, 6.07) is 16.6. The van der Waals surface area contributed by atoms with Gasteiger partial charge in [-0.25, -0.2) is 0 Å². The summed E-state index contributed by atoms with van der Waals surface area (Å²) >= 11 is 1.15. The van der Waals surface area contributed by atoms with E-state index in [0.29, 0.717) is 23.1 Å². The largest absolute Gasteiger partial charge is 0.457 e. The highest BCUT2D eigenvalue weighted by Gasteiger charge is 2.17. The summed E-state index contributed by atoms with van der Waals surface area (Å²) in [6.45, 7) is 3.97. The number of hydrogen-bond acceptors (Lipinski definition) is 6. The summed E-state index contributed by atoms with van der Waals surface area (Å²) in [5, 5.41) is 13.3. The number of hydrogen-bond donors (Lipinski definition) is 4. The Labute approximate surface area is 179 Å². The van der Waals surface area contributed by atoms with Crippen LogP contribution in [0.2, 0.25) is 0 Å². The summed E-state index contributed by atoms with van der Waals surface area (Å²) in [5.74, 6) is 1.93. The number of para-hydroxylation sites is 1. The lowest BCUT2D eigenvalue weighted by molar-refractivity contribution is 0.251. The summed E-state index contributed by atoms with van der Waals surface area (Å²) in [4.78, 5) is 16.7. The van der Waals surface area contributed by atoms with Gasteiger partial charge in [0.05, 0.1) is 12.6 Å². The van der Waals surface area contributed by atoms with Gasteiger partial charge >= 0.3 is 0 Å². The molecule has 30 heavy (non-hydrogen) atoms. The average molecular weight is 427 g/mol. The zero-order valence-electron chi connectivity index (χ0n) is 17.0. The van der Waals surface area contributed by atoms with Crippen molar-refractivity contribution in [1.82, 2.24) is 4.37 Å². The molecule has 0 fully saturated rings. The van der Waals surface area contributed by atoms with Crippen LogP contribution in [0, 0.1) is 5.92 Å². The number of amidine groups is 1. The number of aliphatic hydroxyl groups is 1. The van der Waals surface area contributed by atoms with E-state index in [2.05, 4.69) is 14.7 Å². The molecule has 1 atom stereocenters. The monoisotopic (exact) mass is 426 g/mol. The van der Waals surface area contributed by atoms with E-state index < -0.39 is 0 Å². The van der Waals surface area contributed by atoms with Crippen LogP contribution in [0.1, 0.15) is 25.8 Å². The molecule has 0 amide bonds. The molecule has 1 aromatic heterocycles. The molecule has 0 saturated carbocycles. The van der Waals surface area contributed by atoms with Crippen LogP contribution in [0.5, 0.6) is 11.5 Å². The molecule has 7 nitrogen and oxygen atoms in total. The second kappa shape index (κ2) is 10.1. The molecule has 0 saturated heterocycles. The molecule has 0 spiro atoms. The number of aromatic nitrogens is 1. The lowest BCUT2D eigenvalue weighted by Crippen LogP contribution is -2.26. The van der Waals surface area contributed by atoms with Gasteiger partial charge < -0.3 is 20.9 Å². The van der Waals surface area contributed by atoms with Crippen molar-refractivity contribution in [3.05, 3.63) is 70.5 Å². The number of aliphatic hydroxyl groups excluding tert-OH is 1. The highest BCUT2D eigenvalue weighted by atomic mass is 32.1. The minimum atomic E-state index is -0.341. The standard InChI is InChI=1S/C22H26N4O3S/c1-14(2)12-16(13-27)24-20(23)19-21(28)26-30-22(19)25-15-8-10-18(11-9-15)29-17-6-4-3-5-7-17/h3-11,14,16,25,27H,12-13H2,1-2H3,(H2,23,24)(H,26,28)/t16-/m1/s1. The Hall–Kier alpha value is -3.10. The van der Waals surface area contributed by atoms with Gasteiger partial charge in [-0.05, 0) is 60.3 Å². The number of nitrogens with zero attached hydrogens (tertiary/aromatic N) is 1. The maximum Gasteiger partial charge on any atom is 0.271 e. The lowest BCUT2D eigenvalue weighted by Gasteiger charge is -2.13. The van der Waals surface area contributed by atoms with Crippen LogP contribution in [0.15, 0.2) is 64.4 Å². The zero-order valence-corrected chi connectivity index (χ0v) is 17.8. The normalized spacial score (nSPS) is 12.7. The van der Waals surface area contributed by atoms with Crippen LogP contribution < -0.4 is 21.3 Å². The van der Waals surface area contributed by atoms with Crippen LogP contribution in [0.25, 0.3) is 0 Å². The number of aliphatic imine (C=N–C) groups is 1. The Morgan fingerprint density at radius 3 is 2.47 bits per heavy atom. The van der Waals surface area contributed by atoms with E-state index in [4.69, 9.17) is 10.5 Å². The van der Waals surface area contributed by atoms with Crippen molar-refractivity contribution in [2.24, 2.45) is 16.6 Å². The quantitative estimate of drug-likeness (QED) is 0.304. The maximum atomic E-state index is 12.3. The van der Waals surface area contributed by atoms with Crippen LogP contribution in [0.3, 0.4) is 0 Å². The molecule has 1 heterocycles. The van der Waals surface area contributed by atoms with E-state index in [0.717, 1.165) is 23.0 Å². The molecule has 8 heteroatoms. The molecule has 0 radical (unpaired) electrons. The third-order valence-electron chi connectivity index (χ3n) is 4.32. The van der Waals surface area contributed by atoms with Crippen LogP contribution in [0.4, 0.5) is 10.7 Å². The van der Waals surface area contributed by atoms with Crippen LogP contribution in [-0.2, 0) is 0 Å². The SMILES string of the molecule is CC(C)C[C@H](CO)N=C(N)c1c(Nc2ccc(Oc3ccccc3)cc2)s[nH]c1=O. The van der Waals surface area contributed by atoms with E-state index in [1.807, 2.05) is 68.4 Å². The molecule has 5 N–H and O–H groups in total. The molecule has 0 aliphatic carbocycles. The number of H-pyrrole nitrogens is 1. The fraction of sp³-hybridized carbons (Fsp3) is 0.273. The van der Waals surface area contributed by atoms with Gasteiger partial charge in [0, 0.05) is 5.69 Å². The molecule has 0 aliphatic heterocycles. The Kier molecular flexibility index (Phi) is 7.26. The van der Waals surface area contributed by atoms with Crippen molar-refractivity contribution in [3.63, 3.8) is 0 Å². The molecule has 3 aromatic rings. The lowest BCUT2D eigenvalue weighted by atomic mass is 10.0. The maximum absolute atomic E-state index is 12.3. The van der Waals surface area contributed by atoms with Crippen molar-refractivity contribution in [2.75, 3.05) is 11.9 Å². The number of ether oxygens (including phenoxy) is 1. The van der Waals surface area contributed by atoms with E-state index >= 15 is 0 Å². The smallest absolute Gasteiger partial charge is 0.271 e. The Morgan fingerprint density at radius 2 is 1.83 bits per heavy atom. The van der Waals surface area contributed by atoms with Gasteiger partial charge in [-0.3, -0.25) is 14.2 Å². The van der Waals surface area contributed by atoms with Gasteiger partial charge in [-0.1, -0.05) is 32.0 Å². The minimum Gasteiger partial charge on any atom is -0.457 e. The Morgan fingerprint density at radius 1 is 1.17 bits per heavy atom. The molecule has 0 unspecified atom stereocenters. The van der Waals surface area contributed by atoms with E-state index in [1.165, 1.54) is 0 Å². The van der Waals surface area contributed by atoms with Crippen molar-refractivity contribution < 1.29 is 9.84 Å². The molecule has 158 valence electrons. The van der Waals surface area contributed by atoms with Crippen molar-refractivity contribution in [2.45, 2.75) is 26.3 Å². The third-order valence-corrected chi connectivity index (χ3v) is 5.12. The highest BCUT2D eigenvalue weighted by molar-refractivity contribution is 7.10. The molecule has 3 rings (SSSR count). The topological polar surface area (TPSA) is 113 Å². The number of benzene rings is 2. The zero-order chi connectivity index (χ0) is 21.5. The second-order valence-electron chi connectivity index (χ2n) is 7.28. The molecular weight excluding hydrogens is 400 g/mol. The van der Waals surface area contributed by atoms with E-state index in [-0.39, 0.29) is 29.6 Å². The van der Waals surface area contributed by atoms with Gasteiger partial charge in [-0.2, -0.15) is 0 Å². The highest BCUT2D eigenvalue weighted by Crippen LogP contribution is 2.26. The first-order chi connectivity index (χ1) is 14.5. The number of rotatable bonds is 9. The fourth-order valence-corrected chi connectivity index (χ4v) is 3.72. The van der Waals surface area contributed by atoms with Crippen molar-refractivity contribution in [1.29, 1.82) is 0 Å².